The molecule has 0 amide bonds. The highest BCUT2D eigenvalue weighted by atomic mass is 79.9. The summed E-state index contributed by atoms with van der Waals surface area (Å²) in [6, 6.07) is 16.5. The molecule has 0 saturated carbocycles. The molecule has 2 aromatic carbocycles. The second-order valence-electron chi connectivity index (χ2n) is 4.44. The summed E-state index contributed by atoms with van der Waals surface area (Å²) in [5.74, 6) is 0.814. The van der Waals surface area contributed by atoms with Crippen LogP contribution in [0.15, 0.2) is 53.0 Å². The summed E-state index contributed by atoms with van der Waals surface area (Å²) in [5.41, 5.74) is 1.06. The third-order valence-electron chi connectivity index (χ3n) is 3.16. The summed E-state index contributed by atoms with van der Waals surface area (Å²) in [7, 11) is 1.66. The first-order valence-electron chi connectivity index (χ1n) is 6.15. The van der Waals surface area contributed by atoms with Crippen molar-refractivity contribution in [2.75, 3.05) is 7.11 Å². The molecule has 0 spiro atoms. The Morgan fingerprint density at radius 2 is 1.95 bits per heavy atom. The Kier molecular flexibility index (Phi) is 4.01. The molecule has 0 aliphatic rings. The summed E-state index contributed by atoms with van der Waals surface area (Å²) in [5, 5.41) is 1.10. The van der Waals surface area contributed by atoms with Gasteiger partial charge in [-0.15, -0.1) is 22.9 Å². The van der Waals surface area contributed by atoms with Gasteiger partial charge in [0.2, 0.25) is 0 Å². The number of ether oxygens (including phenoxy) is 1. The molecule has 1 aromatic heterocycles. The number of alkyl halides is 1. The van der Waals surface area contributed by atoms with Crippen molar-refractivity contribution in [2.45, 2.75) is 5.38 Å². The Bertz CT molecular complexity index is 720. The van der Waals surface area contributed by atoms with Crippen LogP contribution >= 0.6 is 38.9 Å². The molecular weight excluding hydrogens is 356 g/mol. The summed E-state index contributed by atoms with van der Waals surface area (Å²) in [6.07, 6.45) is 0. The van der Waals surface area contributed by atoms with E-state index in [9.17, 15) is 0 Å². The van der Waals surface area contributed by atoms with Crippen LogP contribution in [0.3, 0.4) is 0 Å². The SMILES string of the molecule is COc1ccc(C(Cl)c2cc3ccccc3s2)cc1Br. The van der Waals surface area contributed by atoms with Crippen LogP contribution in [-0.4, -0.2) is 7.11 Å². The van der Waals surface area contributed by atoms with Gasteiger partial charge < -0.3 is 4.74 Å². The predicted octanol–water partition coefficient (Wildman–Crippen LogP) is 6.00. The summed E-state index contributed by atoms with van der Waals surface area (Å²) in [4.78, 5) is 1.16. The Hall–Kier alpha value is -1.03. The smallest absolute Gasteiger partial charge is 0.133 e. The molecule has 0 aliphatic carbocycles. The van der Waals surface area contributed by atoms with Gasteiger partial charge in [0.15, 0.2) is 0 Å². The molecule has 1 atom stereocenters. The molecule has 0 radical (unpaired) electrons. The number of benzene rings is 2. The minimum Gasteiger partial charge on any atom is -0.496 e. The van der Waals surface area contributed by atoms with Gasteiger partial charge in [0.25, 0.3) is 0 Å². The molecule has 20 heavy (non-hydrogen) atoms. The second-order valence-corrected chi connectivity index (χ2v) is 6.85. The lowest BCUT2D eigenvalue weighted by molar-refractivity contribution is 0.412. The molecule has 4 heteroatoms. The number of hydrogen-bond acceptors (Lipinski definition) is 2. The van der Waals surface area contributed by atoms with Crippen LogP contribution in [0, 0.1) is 0 Å². The lowest BCUT2D eigenvalue weighted by Crippen LogP contribution is -1.92. The molecular formula is C16H12BrClOS. The standard InChI is InChI=1S/C16H12BrClOS/c1-19-13-7-6-11(8-12(13)17)16(18)15-9-10-4-2-3-5-14(10)20-15/h2-9,16H,1H3. The van der Waals surface area contributed by atoms with Crippen LogP contribution < -0.4 is 4.74 Å². The average Bonchev–Trinajstić information content (AvgIpc) is 2.90. The minimum absolute atomic E-state index is 0.144. The lowest BCUT2D eigenvalue weighted by atomic mass is 10.1. The molecule has 0 fully saturated rings. The molecule has 0 aliphatic heterocycles. The van der Waals surface area contributed by atoms with E-state index in [0.29, 0.717) is 0 Å². The van der Waals surface area contributed by atoms with Gasteiger partial charge in [-0.1, -0.05) is 24.3 Å². The van der Waals surface area contributed by atoms with Crippen molar-refractivity contribution in [3.63, 3.8) is 0 Å². The first-order chi connectivity index (χ1) is 9.69. The third kappa shape index (κ3) is 2.58. The first kappa shape index (κ1) is 13.9. The highest BCUT2D eigenvalue weighted by Crippen LogP contribution is 2.39. The molecule has 3 rings (SSSR count). The Labute approximate surface area is 135 Å². The van der Waals surface area contributed by atoms with E-state index >= 15 is 0 Å². The van der Waals surface area contributed by atoms with Crippen LogP contribution in [0.25, 0.3) is 10.1 Å². The maximum absolute atomic E-state index is 6.62. The van der Waals surface area contributed by atoms with Gasteiger partial charge in [-0.05, 0) is 51.1 Å². The van der Waals surface area contributed by atoms with E-state index in [1.165, 1.54) is 10.1 Å². The van der Waals surface area contributed by atoms with Gasteiger partial charge >= 0.3 is 0 Å². The number of halogens is 2. The highest BCUT2D eigenvalue weighted by molar-refractivity contribution is 9.10. The maximum Gasteiger partial charge on any atom is 0.133 e. The van der Waals surface area contributed by atoms with E-state index < -0.39 is 0 Å². The van der Waals surface area contributed by atoms with Crippen molar-refractivity contribution >= 4 is 49.0 Å². The van der Waals surface area contributed by atoms with Crippen molar-refractivity contribution < 1.29 is 4.74 Å². The normalized spacial score (nSPS) is 12.6. The van der Waals surface area contributed by atoms with Gasteiger partial charge in [-0.25, -0.2) is 0 Å². The van der Waals surface area contributed by atoms with Crippen LogP contribution in [0.2, 0.25) is 0 Å². The highest BCUT2D eigenvalue weighted by Gasteiger charge is 2.15. The minimum atomic E-state index is -0.144. The topological polar surface area (TPSA) is 9.23 Å². The Balaban J connectivity index is 1.99. The summed E-state index contributed by atoms with van der Waals surface area (Å²) in [6.45, 7) is 0. The fraction of sp³-hybridized carbons (Fsp3) is 0.125. The monoisotopic (exact) mass is 366 g/mol. The van der Waals surface area contributed by atoms with Crippen LogP contribution in [0.1, 0.15) is 15.8 Å². The molecule has 0 N–H and O–H groups in total. The Morgan fingerprint density at radius 1 is 1.15 bits per heavy atom. The number of rotatable bonds is 3. The van der Waals surface area contributed by atoms with Crippen LogP contribution in [-0.2, 0) is 0 Å². The van der Waals surface area contributed by atoms with Crippen LogP contribution in [0.4, 0.5) is 0 Å². The van der Waals surface area contributed by atoms with E-state index in [2.05, 4.69) is 40.2 Å². The van der Waals surface area contributed by atoms with Crippen molar-refractivity contribution in [3.8, 4) is 5.75 Å². The van der Waals surface area contributed by atoms with Crippen molar-refractivity contribution in [1.29, 1.82) is 0 Å². The van der Waals surface area contributed by atoms with E-state index in [-0.39, 0.29) is 5.38 Å². The van der Waals surface area contributed by atoms with E-state index in [4.69, 9.17) is 16.3 Å². The molecule has 1 heterocycles. The lowest BCUT2D eigenvalue weighted by Gasteiger charge is -2.10. The van der Waals surface area contributed by atoms with Gasteiger partial charge in [0.1, 0.15) is 5.75 Å². The maximum atomic E-state index is 6.62. The average molecular weight is 368 g/mol. The second kappa shape index (κ2) is 5.76. The van der Waals surface area contributed by atoms with Gasteiger partial charge in [-0.2, -0.15) is 0 Å². The predicted molar refractivity (Wildman–Crippen MR) is 90.2 cm³/mol. The van der Waals surface area contributed by atoms with Gasteiger partial charge in [0, 0.05) is 9.58 Å². The fourth-order valence-corrected chi connectivity index (χ4v) is 4.09. The largest absolute Gasteiger partial charge is 0.496 e. The zero-order chi connectivity index (χ0) is 14.1. The van der Waals surface area contributed by atoms with E-state index in [0.717, 1.165) is 20.7 Å². The van der Waals surface area contributed by atoms with Gasteiger partial charge in [0.05, 0.1) is 17.0 Å². The van der Waals surface area contributed by atoms with Gasteiger partial charge in [-0.3, -0.25) is 0 Å². The Morgan fingerprint density at radius 3 is 2.65 bits per heavy atom. The van der Waals surface area contributed by atoms with Crippen molar-refractivity contribution in [2.24, 2.45) is 0 Å². The zero-order valence-electron chi connectivity index (χ0n) is 10.8. The number of hydrogen-bond donors (Lipinski definition) is 0. The molecule has 0 saturated heterocycles. The van der Waals surface area contributed by atoms with E-state index in [1.54, 1.807) is 18.4 Å². The molecule has 1 nitrogen and oxygen atoms in total. The molecule has 0 bridgehead atoms. The van der Waals surface area contributed by atoms with E-state index in [1.807, 2.05) is 24.3 Å². The first-order valence-corrected chi connectivity index (χ1v) is 8.19. The van der Waals surface area contributed by atoms with Crippen molar-refractivity contribution in [3.05, 3.63) is 63.4 Å². The molecule has 1 unspecified atom stereocenters. The number of fused-ring (bicyclic) bond motifs is 1. The molecule has 3 aromatic rings. The summed E-state index contributed by atoms with van der Waals surface area (Å²) >= 11 is 11.9. The number of thiophene rings is 1. The summed E-state index contributed by atoms with van der Waals surface area (Å²) < 4.78 is 7.43. The molecule has 102 valence electrons. The quantitative estimate of drug-likeness (QED) is 0.516. The number of methoxy groups -OCH3 is 1. The van der Waals surface area contributed by atoms with Crippen LogP contribution in [0.5, 0.6) is 5.75 Å². The van der Waals surface area contributed by atoms with Crippen molar-refractivity contribution in [1.82, 2.24) is 0 Å². The zero-order valence-corrected chi connectivity index (χ0v) is 13.9. The third-order valence-corrected chi connectivity index (χ3v) is 5.58. The fourth-order valence-electron chi connectivity index (χ4n) is 2.13.